The summed E-state index contributed by atoms with van der Waals surface area (Å²) in [7, 11) is 0. The predicted octanol–water partition coefficient (Wildman–Crippen LogP) is 4.65. The Bertz CT molecular complexity index is 1150. The Morgan fingerprint density at radius 3 is 1.95 bits per heavy atom. The van der Waals surface area contributed by atoms with E-state index < -0.39 is 39.7 Å². The van der Waals surface area contributed by atoms with Crippen molar-refractivity contribution in [2.24, 2.45) is 28.6 Å². The van der Waals surface area contributed by atoms with Crippen molar-refractivity contribution >= 4 is 17.3 Å². The lowest BCUT2D eigenvalue weighted by Crippen LogP contribution is -2.55. The number of ether oxygens (including phenoxy) is 1. The Morgan fingerprint density at radius 2 is 1.38 bits per heavy atom. The van der Waals surface area contributed by atoms with Crippen LogP contribution in [0.15, 0.2) is 22.3 Å². The van der Waals surface area contributed by atoms with Gasteiger partial charge in [-0.1, -0.05) is 25.0 Å². The maximum atomic E-state index is 14.2. The predicted molar refractivity (Wildman–Crippen MR) is 140 cm³/mol. The molecule has 1 saturated heterocycles. The van der Waals surface area contributed by atoms with Gasteiger partial charge in [0.05, 0.1) is 17.3 Å². The number of carbonyl (C=O) groups is 3. The Kier molecular flexibility index (Phi) is 5.79. The molecule has 7 unspecified atom stereocenters. The number of hydrogen-bond acceptors (Lipinski definition) is 6. The van der Waals surface area contributed by atoms with Crippen LogP contribution in [0.3, 0.4) is 0 Å². The van der Waals surface area contributed by atoms with Crippen molar-refractivity contribution < 1.29 is 29.3 Å². The monoisotopic (exact) mass is 512 g/mol. The Labute approximate surface area is 220 Å². The van der Waals surface area contributed by atoms with E-state index >= 15 is 0 Å². The van der Waals surface area contributed by atoms with Gasteiger partial charge in [-0.05, 0) is 108 Å². The summed E-state index contributed by atoms with van der Waals surface area (Å²) in [5.41, 5.74) is -1.05. The molecule has 4 aliphatic carbocycles. The first-order valence-corrected chi connectivity index (χ1v) is 14.0. The van der Waals surface area contributed by atoms with Crippen LogP contribution in [0.1, 0.15) is 100 Å². The fraction of sp³-hybridized carbons (Fsp3) is 0.774. The summed E-state index contributed by atoms with van der Waals surface area (Å²) in [6.07, 6.45) is 3.87. The molecule has 6 heteroatoms. The SMILES string of the molecule is CC1=C2CC(C(C)(C)O)CCC2(C)CC2(OC3C(C(=O)C(C)=C4CC(C(C)(C)O)CCC43C)C2=O)C1=O. The molecule has 0 aromatic heterocycles. The van der Waals surface area contributed by atoms with E-state index in [1.165, 1.54) is 0 Å². The average Bonchev–Trinajstić information content (AvgIpc) is 3.08. The van der Waals surface area contributed by atoms with Crippen molar-refractivity contribution in [1.29, 1.82) is 0 Å². The molecule has 6 nitrogen and oxygen atoms in total. The number of Topliss-reactive ketones (excluding diaryl/α,β-unsaturated/α-hetero) is 3. The fourth-order valence-electron chi connectivity index (χ4n) is 8.58. The first-order valence-electron chi connectivity index (χ1n) is 14.0. The quantitative estimate of drug-likeness (QED) is 0.522. The van der Waals surface area contributed by atoms with Gasteiger partial charge in [-0.25, -0.2) is 0 Å². The van der Waals surface area contributed by atoms with Gasteiger partial charge in [0.2, 0.25) is 0 Å². The van der Waals surface area contributed by atoms with E-state index in [4.69, 9.17) is 4.74 Å². The van der Waals surface area contributed by atoms with Crippen LogP contribution in [0, 0.1) is 28.6 Å². The highest BCUT2D eigenvalue weighted by Crippen LogP contribution is 2.62. The van der Waals surface area contributed by atoms with E-state index in [0.29, 0.717) is 30.4 Å². The molecule has 0 aromatic carbocycles. The van der Waals surface area contributed by atoms with Crippen LogP contribution in [0.5, 0.6) is 0 Å². The molecular formula is C31H44O6. The number of ketones is 3. The average molecular weight is 513 g/mol. The molecule has 0 aromatic rings. The number of rotatable bonds is 2. The number of fused-ring (bicyclic) bond motifs is 4. The zero-order chi connectivity index (χ0) is 27.5. The van der Waals surface area contributed by atoms with E-state index in [0.717, 1.165) is 30.4 Å². The van der Waals surface area contributed by atoms with E-state index in [-0.39, 0.29) is 35.6 Å². The lowest BCUT2D eigenvalue weighted by Gasteiger charge is -2.51. The Morgan fingerprint density at radius 1 is 0.838 bits per heavy atom. The summed E-state index contributed by atoms with van der Waals surface area (Å²) in [4.78, 5) is 42.0. The van der Waals surface area contributed by atoms with E-state index in [9.17, 15) is 24.6 Å². The van der Waals surface area contributed by atoms with Crippen LogP contribution in [-0.4, -0.2) is 50.5 Å². The molecule has 1 heterocycles. The fourth-order valence-corrected chi connectivity index (χ4v) is 8.58. The van der Waals surface area contributed by atoms with Crippen LogP contribution in [0.2, 0.25) is 0 Å². The summed E-state index contributed by atoms with van der Waals surface area (Å²) >= 11 is 0. The first-order chi connectivity index (χ1) is 16.9. The Hall–Kier alpha value is -1.63. The zero-order valence-electron chi connectivity index (χ0n) is 23.8. The molecule has 5 aliphatic rings. The molecule has 0 radical (unpaired) electrons. The molecule has 2 saturated carbocycles. The molecule has 0 amide bonds. The van der Waals surface area contributed by atoms with Crippen molar-refractivity contribution in [3.05, 3.63) is 22.3 Å². The van der Waals surface area contributed by atoms with E-state index in [1.807, 2.05) is 34.6 Å². The lowest BCUT2D eigenvalue weighted by molar-refractivity contribution is -0.162. The third kappa shape index (κ3) is 3.65. The number of carbonyl (C=O) groups excluding carboxylic acids is 3. The summed E-state index contributed by atoms with van der Waals surface area (Å²) in [5, 5.41) is 21.4. The molecule has 37 heavy (non-hydrogen) atoms. The van der Waals surface area contributed by atoms with Crippen LogP contribution in [0.4, 0.5) is 0 Å². The second-order valence-electron chi connectivity index (χ2n) is 14.4. The van der Waals surface area contributed by atoms with Gasteiger partial charge in [0.25, 0.3) is 0 Å². The van der Waals surface area contributed by atoms with Crippen LogP contribution in [-0.2, 0) is 19.1 Å². The molecule has 5 rings (SSSR count). The second kappa shape index (κ2) is 7.95. The highest BCUT2D eigenvalue weighted by Gasteiger charge is 2.70. The van der Waals surface area contributed by atoms with Crippen molar-refractivity contribution in [3.63, 3.8) is 0 Å². The van der Waals surface area contributed by atoms with E-state index in [1.54, 1.807) is 6.92 Å². The van der Waals surface area contributed by atoms with E-state index in [2.05, 4.69) is 13.8 Å². The lowest BCUT2D eigenvalue weighted by atomic mass is 9.54. The minimum Gasteiger partial charge on any atom is -0.390 e. The summed E-state index contributed by atoms with van der Waals surface area (Å²) < 4.78 is 6.71. The molecule has 204 valence electrons. The van der Waals surface area contributed by atoms with Crippen LogP contribution >= 0.6 is 0 Å². The molecule has 1 aliphatic heterocycles. The van der Waals surface area contributed by atoms with Crippen molar-refractivity contribution in [2.75, 3.05) is 0 Å². The van der Waals surface area contributed by atoms with Gasteiger partial charge in [-0.15, -0.1) is 0 Å². The zero-order valence-corrected chi connectivity index (χ0v) is 23.8. The van der Waals surface area contributed by atoms with Crippen molar-refractivity contribution in [1.82, 2.24) is 0 Å². The maximum absolute atomic E-state index is 14.2. The molecule has 1 spiro atoms. The molecular weight excluding hydrogens is 468 g/mol. The summed E-state index contributed by atoms with van der Waals surface area (Å²) in [6.45, 7) is 15.1. The number of hydrogen-bond donors (Lipinski definition) is 2. The van der Waals surface area contributed by atoms with Gasteiger partial charge in [0.1, 0.15) is 5.92 Å². The maximum Gasteiger partial charge on any atom is 0.198 e. The second-order valence-corrected chi connectivity index (χ2v) is 14.4. The molecule has 3 fully saturated rings. The van der Waals surface area contributed by atoms with Gasteiger partial charge >= 0.3 is 0 Å². The third-order valence-corrected chi connectivity index (χ3v) is 11.2. The first kappa shape index (κ1) is 27.0. The number of aliphatic hydroxyl groups is 2. The van der Waals surface area contributed by atoms with Gasteiger partial charge < -0.3 is 14.9 Å². The van der Waals surface area contributed by atoms with Gasteiger partial charge in [0.15, 0.2) is 23.0 Å². The summed E-state index contributed by atoms with van der Waals surface area (Å²) in [5.74, 6) is -1.75. The minimum absolute atomic E-state index is 0.0230. The summed E-state index contributed by atoms with van der Waals surface area (Å²) in [6, 6.07) is 0. The standard InChI is InChI=1S/C31H44O6/c1-16-21-14-19(28(5,6)36)10-12-30(21,8)26-22(23(16)32)25(34)31(37-26)15-29(7)11-9-18(27(3,4)35)13-20(29)17(2)24(31)33/h18-19,22,26,35-36H,9-15H2,1-8H3. The molecule has 7 atom stereocenters. The highest BCUT2D eigenvalue weighted by atomic mass is 16.5. The topological polar surface area (TPSA) is 101 Å². The van der Waals surface area contributed by atoms with Gasteiger partial charge in [0, 0.05) is 11.8 Å². The molecule has 2 N–H and O–H groups in total. The van der Waals surface area contributed by atoms with Crippen LogP contribution in [0.25, 0.3) is 0 Å². The minimum atomic E-state index is -1.62. The smallest absolute Gasteiger partial charge is 0.198 e. The number of allylic oxidation sites excluding steroid dienone is 2. The Balaban J connectivity index is 1.55. The van der Waals surface area contributed by atoms with Crippen LogP contribution < -0.4 is 0 Å². The largest absolute Gasteiger partial charge is 0.390 e. The van der Waals surface area contributed by atoms with Crippen molar-refractivity contribution in [3.8, 4) is 0 Å². The van der Waals surface area contributed by atoms with Gasteiger partial charge in [-0.3, -0.25) is 14.4 Å². The highest BCUT2D eigenvalue weighted by molar-refractivity contribution is 6.26. The van der Waals surface area contributed by atoms with Gasteiger partial charge in [-0.2, -0.15) is 0 Å². The normalized spacial score (nSPS) is 42.8. The molecule has 0 bridgehead atoms. The van der Waals surface area contributed by atoms with Crippen molar-refractivity contribution in [2.45, 2.75) is 123 Å². The third-order valence-electron chi connectivity index (χ3n) is 11.2.